The maximum absolute atomic E-state index is 13.8. The lowest BCUT2D eigenvalue weighted by Crippen LogP contribution is -2.49. The predicted octanol–water partition coefficient (Wildman–Crippen LogP) is 2.65. The number of anilines is 1. The Balaban J connectivity index is 2.42. The van der Waals surface area contributed by atoms with Crippen LogP contribution in [0.1, 0.15) is 40.2 Å². The molecular formula is C18H26FN3O3. The van der Waals surface area contributed by atoms with Crippen molar-refractivity contribution in [1.82, 2.24) is 4.90 Å². The summed E-state index contributed by atoms with van der Waals surface area (Å²) < 4.78 is 19.3. The number of hydrogen-bond acceptors (Lipinski definition) is 4. The molecule has 1 heterocycles. The van der Waals surface area contributed by atoms with Gasteiger partial charge in [-0.15, -0.1) is 0 Å². The normalized spacial score (nSPS) is 19.0. The molecule has 0 fully saturated rings. The van der Waals surface area contributed by atoms with E-state index in [-0.39, 0.29) is 12.6 Å². The minimum absolute atomic E-state index is 0.243. The van der Waals surface area contributed by atoms with Crippen molar-refractivity contribution in [2.45, 2.75) is 58.8 Å². The Labute approximate surface area is 147 Å². The number of nitrogens with zero attached hydrogens (tertiary/aromatic N) is 2. The van der Waals surface area contributed by atoms with Crippen molar-refractivity contribution in [2.24, 2.45) is 5.73 Å². The van der Waals surface area contributed by atoms with Crippen LogP contribution in [-0.2, 0) is 16.1 Å². The molecule has 6 nitrogen and oxygen atoms in total. The maximum atomic E-state index is 13.8. The molecule has 0 saturated carbocycles. The van der Waals surface area contributed by atoms with E-state index >= 15 is 0 Å². The number of fused-ring (bicyclic) bond motifs is 1. The van der Waals surface area contributed by atoms with Gasteiger partial charge in [0.1, 0.15) is 17.5 Å². The van der Waals surface area contributed by atoms with Crippen LogP contribution in [-0.4, -0.2) is 41.1 Å². The fourth-order valence-corrected chi connectivity index (χ4v) is 2.84. The molecule has 2 N–H and O–H groups in total. The van der Waals surface area contributed by atoms with Crippen LogP contribution in [0.15, 0.2) is 18.2 Å². The van der Waals surface area contributed by atoms with E-state index in [1.54, 1.807) is 43.6 Å². The zero-order chi connectivity index (χ0) is 18.9. The van der Waals surface area contributed by atoms with Gasteiger partial charge in [-0.25, -0.2) is 9.18 Å². The van der Waals surface area contributed by atoms with Gasteiger partial charge in [0.15, 0.2) is 0 Å². The highest BCUT2D eigenvalue weighted by atomic mass is 19.1. The second-order valence-corrected chi connectivity index (χ2v) is 7.46. The SMILES string of the molecule is C[C@H](C(N)=O)N1C[C@H](C)N(C(=O)OC(C)(C)C)Cc2ccc(F)cc21. The third-order valence-corrected chi connectivity index (χ3v) is 4.20. The lowest BCUT2D eigenvalue weighted by Gasteiger charge is -2.33. The van der Waals surface area contributed by atoms with Crippen molar-refractivity contribution in [1.29, 1.82) is 0 Å². The number of carbonyl (C=O) groups is 2. The van der Waals surface area contributed by atoms with Crippen molar-refractivity contribution in [3.63, 3.8) is 0 Å². The highest BCUT2D eigenvalue weighted by Crippen LogP contribution is 2.30. The molecule has 138 valence electrons. The second-order valence-electron chi connectivity index (χ2n) is 7.46. The Morgan fingerprint density at radius 1 is 1.36 bits per heavy atom. The van der Waals surface area contributed by atoms with Crippen LogP contribution in [0.2, 0.25) is 0 Å². The Bertz CT molecular complexity index is 672. The summed E-state index contributed by atoms with van der Waals surface area (Å²) >= 11 is 0. The molecule has 0 bridgehead atoms. The first kappa shape index (κ1) is 19.0. The van der Waals surface area contributed by atoms with Gasteiger partial charge in [0, 0.05) is 12.2 Å². The number of carbonyl (C=O) groups excluding carboxylic acids is 2. The summed E-state index contributed by atoms with van der Waals surface area (Å²) in [5, 5.41) is 0. The number of hydrogen-bond donors (Lipinski definition) is 1. The molecule has 1 aliphatic rings. The number of nitrogens with two attached hydrogens (primary N) is 1. The summed E-state index contributed by atoms with van der Waals surface area (Å²) in [4.78, 5) is 27.6. The molecule has 25 heavy (non-hydrogen) atoms. The summed E-state index contributed by atoms with van der Waals surface area (Å²) in [6.45, 7) is 9.57. The predicted molar refractivity (Wildman–Crippen MR) is 93.6 cm³/mol. The molecule has 0 spiro atoms. The third-order valence-electron chi connectivity index (χ3n) is 4.20. The van der Waals surface area contributed by atoms with Gasteiger partial charge in [-0.1, -0.05) is 6.07 Å². The number of benzene rings is 1. The van der Waals surface area contributed by atoms with Gasteiger partial charge < -0.3 is 15.4 Å². The maximum Gasteiger partial charge on any atom is 0.410 e. The monoisotopic (exact) mass is 351 g/mol. The Morgan fingerprint density at radius 3 is 2.56 bits per heavy atom. The highest BCUT2D eigenvalue weighted by Gasteiger charge is 2.34. The zero-order valence-corrected chi connectivity index (χ0v) is 15.4. The number of ether oxygens (including phenoxy) is 1. The van der Waals surface area contributed by atoms with Gasteiger partial charge in [0.25, 0.3) is 0 Å². The Hall–Kier alpha value is -2.31. The van der Waals surface area contributed by atoms with E-state index in [1.165, 1.54) is 12.1 Å². The van der Waals surface area contributed by atoms with Gasteiger partial charge >= 0.3 is 6.09 Å². The molecule has 0 aromatic heterocycles. The quantitative estimate of drug-likeness (QED) is 0.889. The minimum Gasteiger partial charge on any atom is -0.444 e. The number of amides is 2. The Kier molecular flexibility index (Phi) is 5.25. The lowest BCUT2D eigenvalue weighted by molar-refractivity contribution is -0.119. The van der Waals surface area contributed by atoms with E-state index < -0.39 is 29.5 Å². The summed E-state index contributed by atoms with van der Waals surface area (Å²) in [5.74, 6) is -0.910. The van der Waals surface area contributed by atoms with Crippen molar-refractivity contribution >= 4 is 17.7 Å². The molecule has 2 rings (SSSR count). The fraction of sp³-hybridized carbons (Fsp3) is 0.556. The summed E-state index contributed by atoms with van der Waals surface area (Å²) in [6, 6.07) is 3.48. The molecular weight excluding hydrogens is 325 g/mol. The topological polar surface area (TPSA) is 75.9 Å². The first-order valence-electron chi connectivity index (χ1n) is 8.33. The molecule has 0 unspecified atom stereocenters. The summed E-state index contributed by atoms with van der Waals surface area (Å²) in [7, 11) is 0. The number of primary amides is 1. The van der Waals surface area contributed by atoms with E-state index in [4.69, 9.17) is 10.5 Å². The van der Waals surface area contributed by atoms with E-state index in [2.05, 4.69) is 0 Å². The van der Waals surface area contributed by atoms with Crippen LogP contribution in [0, 0.1) is 5.82 Å². The van der Waals surface area contributed by atoms with Gasteiger partial charge in [-0.2, -0.15) is 0 Å². The van der Waals surface area contributed by atoms with Crippen molar-refractivity contribution in [2.75, 3.05) is 11.4 Å². The van der Waals surface area contributed by atoms with Crippen LogP contribution >= 0.6 is 0 Å². The largest absolute Gasteiger partial charge is 0.444 e. The molecule has 1 aromatic rings. The standard InChI is InChI=1S/C18H26FN3O3/c1-11-9-22(12(2)16(20)23)15-8-14(19)7-6-13(15)10-21(11)17(24)25-18(3,4)5/h6-8,11-12H,9-10H2,1-5H3,(H2,20,23)/t11-,12+/m0/s1. The fourth-order valence-electron chi connectivity index (χ4n) is 2.84. The van der Waals surface area contributed by atoms with Crippen LogP contribution in [0.4, 0.5) is 14.9 Å². The molecule has 2 amide bonds. The van der Waals surface area contributed by atoms with Crippen molar-refractivity contribution < 1.29 is 18.7 Å². The molecule has 0 radical (unpaired) electrons. The highest BCUT2D eigenvalue weighted by molar-refractivity contribution is 5.84. The molecule has 0 aliphatic carbocycles. The summed E-state index contributed by atoms with van der Waals surface area (Å²) in [6.07, 6.45) is -0.441. The van der Waals surface area contributed by atoms with Gasteiger partial charge in [0.2, 0.25) is 5.91 Å². The second kappa shape index (κ2) is 6.90. The first-order chi connectivity index (χ1) is 11.5. The zero-order valence-electron chi connectivity index (χ0n) is 15.4. The molecule has 0 saturated heterocycles. The van der Waals surface area contributed by atoms with Crippen molar-refractivity contribution in [3.05, 3.63) is 29.6 Å². The molecule has 7 heteroatoms. The van der Waals surface area contributed by atoms with Gasteiger partial charge in [-0.05, 0) is 52.3 Å². The smallest absolute Gasteiger partial charge is 0.410 e. The average Bonchev–Trinajstić information content (AvgIpc) is 2.61. The van der Waals surface area contributed by atoms with Crippen LogP contribution in [0.5, 0.6) is 0 Å². The Morgan fingerprint density at radius 2 is 2.00 bits per heavy atom. The van der Waals surface area contributed by atoms with E-state index in [9.17, 15) is 14.0 Å². The van der Waals surface area contributed by atoms with Crippen LogP contribution in [0.3, 0.4) is 0 Å². The van der Waals surface area contributed by atoms with Crippen molar-refractivity contribution in [3.8, 4) is 0 Å². The summed E-state index contributed by atoms with van der Waals surface area (Å²) in [5.41, 5.74) is 6.15. The van der Waals surface area contributed by atoms with Gasteiger partial charge in [-0.3, -0.25) is 9.69 Å². The molecule has 1 aromatic carbocycles. The average molecular weight is 351 g/mol. The molecule has 2 atom stereocenters. The number of halogens is 1. The molecule has 1 aliphatic heterocycles. The third kappa shape index (κ3) is 4.41. The minimum atomic E-state index is -0.624. The number of rotatable bonds is 2. The van der Waals surface area contributed by atoms with E-state index in [1.807, 2.05) is 6.92 Å². The van der Waals surface area contributed by atoms with E-state index in [0.29, 0.717) is 12.2 Å². The van der Waals surface area contributed by atoms with Crippen LogP contribution < -0.4 is 10.6 Å². The van der Waals surface area contributed by atoms with Gasteiger partial charge in [0.05, 0.1) is 12.6 Å². The first-order valence-corrected chi connectivity index (χ1v) is 8.33. The van der Waals surface area contributed by atoms with Crippen LogP contribution in [0.25, 0.3) is 0 Å². The van der Waals surface area contributed by atoms with E-state index in [0.717, 1.165) is 5.56 Å². The lowest BCUT2D eigenvalue weighted by atomic mass is 10.1.